The predicted octanol–water partition coefficient (Wildman–Crippen LogP) is 1.63. The number of carboxylic acids is 1. The molecule has 90 valence electrons. The molecule has 5 nitrogen and oxygen atoms in total. The smallest absolute Gasteiger partial charge is 0.269 e. The number of nitro benzene ring substituents is 1. The van der Waals surface area contributed by atoms with E-state index < -0.39 is 10.9 Å². The first kappa shape index (κ1) is 11.8. The second-order valence-electron chi connectivity index (χ2n) is 3.64. The van der Waals surface area contributed by atoms with Gasteiger partial charge in [-0.3, -0.25) is 10.1 Å². The maximum atomic E-state index is 11.0. The molecule has 2 rings (SSSR count). The number of non-ortho nitro benzene ring substituents is 1. The van der Waals surface area contributed by atoms with Gasteiger partial charge in [-0.05, 0) is 23.3 Å². The van der Waals surface area contributed by atoms with Gasteiger partial charge < -0.3 is 9.90 Å². The van der Waals surface area contributed by atoms with Crippen molar-refractivity contribution in [1.82, 2.24) is 0 Å². The largest absolute Gasteiger partial charge is 0.545 e. The van der Waals surface area contributed by atoms with Crippen molar-refractivity contribution in [1.29, 1.82) is 0 Å². The summed E-state index contributed by atoms with van der Waals surface area (Å²) in [7, 11) is 0. The van der Waals surface area contributed by atoms with Crippen LogP contribution >= 0.6 is 0 Å². The fourth-order valence-corrected chi connectivity index (χ4v) is 1.68. The Morgan fingerprint density at radius 1 is 1.00 bits per heavy atom. The molecule has 0 aliphatic rings. The highest BCUT2D eigenvalue weighted by atomic mass is 16.6. The van der Waals surface area contributed by atoms with Crippen LogP contribution in [0, 0.1) is 10.1 Å². The maximum absolute atomic E-state index is 11.0. The summed E-state index contributed by atoms with van der Waals surface area (Å²) in [6.07, 6.45) is 0. The highest BCUT2D eigenvalue weighted by molar-refractivity contribution is 5.94. The minimum absolute atomic E-state index is 0.0373. The first-order chi connectivity index (χ1) is 8.59. The highest BCUT2D eigenvalue weighted by Crippen LogP contribution is 2.25. The van der Waals surface area contributed by atoms with E-state index in [-0.39, 0.29) is 11.3 Å². The Hall–Kier alpha value is -2.69. The minimum atomic E-state index is -1.27. The lowest BCUT2D eigenvalue weighted by Gasteiger charge is -2.09. The summed E-state index contributed by atoms with van der Waals surface area (Å²) in [5, 5.41) is 21.5. The molecule has 0 unspecified atom stereocenters. The quantitative estimate of drug-likeness (QED) is 0.604. The van der Waals surface area contributed by atoms with Gasteiger partial charge in [-0.1, -0.05) is 24.3 Å². The zero-order chi connectivity index (χ0) is 13.1. The zero-order valence-electron chi connectivity index (χ0n) is 9.20. The van der Waals surface area contributed by atoms with Crippen LogP contribution in [-0.2, 0) is 0 Å². The summed E-state index contributed by atoms with van der Waals surface area (Å²) in [5.41, 5.74) is 1.10. The van der Waals surface area contributed by atoms with E-state index in [2.05, 4.69) is 0 Å². The van der Waals surface area contributed by atoms with Crippen LogP contribution in [0.3, 0.4) is 0 Å². The van der Waals surface area contributed by atoms with Crippen molar-refractivity contribution in [2.45, 2.75) is 0 Å². The van der Waals surface area contributed by atoms with Crippen molar-refractivity contribution >= 4 is 11.7 Å². The van der Waals surface area contributed by atoms with E-state index in [1.165, 1.54) is 30.3 Å². The second kappa shape index (κ2) is 4.67. The van der Waals surface area contributed by atoms with E-state index >= 15 is 0 Å². The van der Waals surface area contributed by atoms with Crippen molar-refractivity contribution in [2.75, 3.05) is 0 Å². The summed E-state index contributed by atoms with van der Waals surface area (Å²) in [5.74, 6) is -1.27. The molecule has 0 heterocycles. The SMILES string of the molecule is O=C([O-])c1ccccc1-c1ccc([N+](=O)[O-])cc1. The van der Waals surface area contributed by atoms with Gasteiger partial charge in [0.15, 0.2) is 0 Å². The lowest BCUT2D eigenvalue weighted by atomic mass is 10.00. The molecule has 0 amide bonds. The monoisotopic (exact) mass is 242 g/mol. The number of carboxylic acid groups (broad SMARTS) is 1. The van der Waals surface area contributed by atoms with E-state index in [1.54, 1.807) is 18.2 Å². The van der Waals surface area contributed by atoms with Crippen LogP contribution in [0.25, 0.3) is 11.1 Å². The van der Waals surface area contributed by atoms with Gasteiger partial charge in [0, 0.05) is 17.7 Å². The Balaban J connectivity index is 2.49. The predicted molar refractivity (Wildman–Crippen MR) is 62.9 cm³/mol. The number of aromatic carboxylic acids is 1. The first-order valence-corrected chi connectivity index (χ1v) is 5.15. The van der Waals surface area contributed by atoms with Gasteiger partial charge in [0.25, 0.3) is 5.69 Å². The average molecular weight is 242 g/mol. The van der Waals surface area contributed by atoms with Crippen molar-refractivity contribution < 1.29 is 14.8 Å². The van der Waals surface area contributed by atoms with Crippen LogP contribution in [0.2, 0.25) is 0 Å². The number of nitrogens with zero attached hydrogens (tertiary/aromatic N) is 1. The molecule has 2 aromatic carbocycles. The molecule has 0 bridgehead atoms. The van der Waals surface area contributed by atoms with E-state index in [1.807, 2.05) is 0 Å². The molecule has 0 aliphatic heterocycles. The molecule has 2 aromatic rings. The van der Waals surface area contributed by atoms with Crippen molar-refractivity contribution in [3.63, 3.8) is 0 Å². The van der Waals surface area contributed by atoms with Crippen LogP contribution in [0.15, 0.2) is 48.5 Å². The molecule has 5 heteroatoms. The van der Waals surface area contributed by atoms with Crippen molar-refractivity contribution in [2.24, 2.45) is 0 Å². The highest BCUT2D eigenvalue weighted by Gasteiger charge is 2.08. The van der Waals surface area contributed by atoms with Gasteiger partial charge in [-0.15, -0.1) is 0 Å². The number of carbonyl (C=O) groups excluding carboxylic acids is 1. The van der Waals surface area contributed by atoms with Gasteiger partial charge >= 0.3 is 0 Å². The summed E-state index contributed by atoms with van der Waals surface area (Å²) in [6.45, 7) is 0. The van der Waals surface area contributed by atoms with Crippen LogP contribution in [0.5, 0.6) is 0 Å². The van der Waals surface area contributed by atoms with E-state index in [4.69, 9.17) is 0 Å². The molecular formula is C13H8NO4-. The van der Waals surface area contributed by atoms with Crippen LogP contribution in [0.1, 0.15) is 10.4 Å². The Labute approximate surface area is 102 Å². The number of hydrogen-bond donors (Lipinski definition) is 0. The molecule has 0 aliphatic carbocycles. The Kier molecular flexibility index (Phi) is 3.05. The third-order valence-corrected chi connectivity index (χ3v) is 2.54. The molecule has 0 fully saturated rings. The fourth-order valence-electron chi connectivity index (χ4n) is 1.68. The van der Waals surface area contributed by atoms with Crippen molar-refractivity contribution in [3.8, 4) is 11.1 Å². The minimum Gasteiger partial charge on any atom is -0.545 e. The average Bonchev–Trinajstić information content (AvgIpc) is 2.39. The molecule has 18 heavy (non-hydrogen) atoms. The van der Waals surface area contributed by atoms with Crippen molar-refractivity contribution in [3.05, 3.63) is 64.2 Å². The van der Waals surface area contributed by atoms with E-state index in [9.17, 15) is 20.0 Å². The third-order valence-electron chi connectivity index (χ3n) is 2.54. The Morgan fingerprint density at radius 2 is 1.61 bits per heavy atom. The molecule has 0 aromatic heterocycles. The third kappa shape index (κ3) is 2.20. The van der Waals surface area contributed by atoms with Gasteiger partial charge in [-0.25, -0.2) is 0 Å². The van der Waals surface area contributed by atoms with Crippen LogP contribution in [-0.4, -0.2) is 10.9 Å². The molecule has 0 radical (unpaired) electrons. The topological polar surface area (TPSA) is 83.3 Å². The van der Waals surface area contributed by atoms with E-state index in [0.717, 1.165) is 0 Å². The standard InChI is InChI=1S/C13H9NO4/c15-13(16)12-4-2-1-3-11(12)9-5-7-10(8-6-9)14(17)18/h1-8H,(H,15,16)/p-1. The summed E-state index contributed by atoms with van der Waals surface area (Å²) >= 11 is 0. The summed E-state index contributed by atoms with van der Waals surface area (Å²) in [4.78, 5) is 21.0. The fraction of sp³-hybridized carbons (Fsp3) is 0. The lowest BCUT2D eigenvalue weighted by Crippen LogP contribution is -2.22. The summed E-state index contributed by atoms with van der Waals surface area (Å²) < 4.78 is 0. The second-order valence-corrected chi connectivity index (χ2v) is 3.64. The normalized spacial score (nSPS) is 10.0. The molecule has 0 atom stereocenters. The molecule has 0 spiro atoms. The molecule has 0 saturated heterocycles. The Bertz CT molecular complexity index is 605. The van der Waals surface area contributed by atoms with Gasteiger partial charge in [0.05, 0.1) is 10.9 Å². The first-order valence-electron chi connectivity index (χ1n) is 5.15. The maximum Gasteiger partial charge on any atom is 0.269 e. The van der Waals surface area contributed by atoms with Crippen LogP contribution in [0.4, 0.5) is 5.69 Å². The number of carbonyl (C=O) groups is 1. The van der Waals surface area contributed by atoms with Gasteiger partial charge in [0.1, 0.15) is 0 Å². The number of benzene rings is 2. The van der Waals surface area contributed by atoms with Gasteiger partial charge in [0.2, 0.25) is 0 Å². The zero-order valence-corrected chi connectivity index (χ0v) is 9.20. The van der Waals surface area contributed by atoms with E-state index in [0.29, 0.717) is 11.1 Å². The molecule has 0 N–H and O–H groups in total. The van der Waals surface area contributed by atoms with Crippen LogP contribution < -0.4 is 5.11 Å². The number of hydrogen-bond acceptors (Lipinski definition) is 4. The molecular weight excluding hydrogens is 234 g/mol. The summed E-state index contributed by atoms with van der Waals surface area (Å²) in [6, 6.07) is 12.1. The number of rotatable bonds is 3. The Morgan fingerprint density at radius 3 is 2.17 bits per heavy atom. The van der Waals surface area contributed by atoms with Gasteiger partial charge in [-0.2, -0.15) is 0 Å². The lowest BCUT2D eigenvalue weighted by molar-refractivity contribution is -0.384. The molecule has 0 saturated carbocycles. The number of nitro groups is 1.